The number of imidazole rings is 1. The summed E-state index contributed by atoms with van der Waals surface area (Å²) >= 11 is 0. The second-order valence-corrected chi connectivity index (χ2v) is 15.9. The van der Waals surface area contributed by atoms with Crippen LogP contribution < -0.4 is 10.5 Å². The zero-order valence-electron chi connectivity index (χ0n) is 22.5. The number of nitrogens with zero attached hydrogens (tertiary/aromatic N) is 3. The second kappa shape index (κ2) is 10.9. The van der Waals surface area contributed by atoms with Crippen LogP contribution in [0.5, 0.6) is 5.75 Å². The number of nitrogens with two attached hydrogens (primary N) is 1. The van der Waals surface area contributed by atoms with Crippen molar-refractivity contribution in [3.05, 3.63) is 84.6 Å². The van der Waals surface area contributed by atoms with Gasteiger partial charge in [-0.1, -0.05) is 51.1 Å². The molecule has 0 aliphatic rings. The number of rotatable bonds is 11. The maximum absolute atomic E-state index is 11.6. The average Bonchev–Trinajstić information content (AvgIpc) is 3.50. The number of amides is 1. The third-order valence-electron chi connectivity index (χ3n) is 7.41. The van der Waals surface area contributed by atoms with E-state index in [0.29, 0.717) is 13.2 Å². The van der Waals surface area contributed by atoms with Gasteiger partial charge < -0.3 is 24.0 Å². The summed E-state index contributed by atoms with van der Waals surface area (Å²) in [6.07, 6.45) is 6.34. The van der Waals surface area contributed by atoms with E-state index in [9.17, 15) is 4.79 Å². The Labute approximate surface area is 220 Å². The first kappa shape index (κ1) is 26.7. The number of benzene rings is 2. The maximum Gasteiger partial charge on any atom is 0.268 e. The molecular weight excluding hydrogens is 480 g/mol. The van der Waals surface area contributed by atoms with Crippen LogP contribution >= 0.6 is 0 Å². The molecule has 0 radical (unpaired) electrons. The number of aryl methyl sites for hydroxylation is 1. The highest BCUT2D eigenvalue weighted by atomic mass is 28.4. The number of aromatic nitrogens is 3. The Morgan fingerprint density at radius 1 is 1.11 bits per heavy atom. The van der Waals surface area contributed by atoms with Gasteiger partial charge in [-0.3, -0.25) is 4.79 Å². The van der Waals surface area contributed by atoms with E-state index in [0.717, 1.165) is 35.2 Å². The SMILES string of the molecule is CC(C)(C)[Si](C)(C)OC[C@@H](CCn1ccc2cc(OCc3ccccc3)ccc21)n1cnc(C(N)=O)c1. The molecule has 0 fully saturated rings. The first-order chi connectivity index (χ1) is 17.5. The largest absolute Gasteiger partial charge is 0.489 e. The summed E-state index contributed by atoms with van der Waals surface area (Å²) in [6, 6.07) is 18.5. The summed E-state index contributed by atoms with van der Waals surface area (Å²) in [5, 5.41) is 1.25. The van der Waals surface area contributed by atoms with Gasteiger partial charge in [-0.25, -0.2) is 4.98 Å². The van der Waals surface area contributed by atoms with Crippen LogP contribution in [0.1, 0.15) is 49.3 Å². The topological polar surface area (TPSA) is 84.3 Å². The standard InChI is InChI=1S/C29H38N4O3Si/c1-29(2,3)37(4,5)36-20-24(33-18-26(28(30)34)31-21-33)14-16-32-15-13-23-17-25(11-12-27(23)32)35-19-22-9-7-6-8-10-22/h6-13,15,17-18,21,24H,14,16,19-20H2,1-5H3,(H2,30,34)/t24-/m1/s1. The molecule has 0 unspecified atom stereocenters. The van der Waals surface area contributed by atoms with Crippen LogP contribution in [0.15, 0.2) is 73.3 Å². The Bertz CT molecular complexity index is 1340. The first-order valence-corrected chi connectivity index (χ1v) is 15.7. The molecule has 1 amide bonds. The average molecular weight is 519 g/mol. The fourth-order valence-corrected chi connectivity index (χ4v) is 5.04. The summed E-state index contributed by atoms with van der Waals surface area (Å²) in [5.74, 6) is 0.330. The van der Waals surface area contributed by atoms with Crippen LogP contribution in [0.4, 0.5) is 0 Å². The van der Waals surface area contributed by atoms with Gasteiger partial charge in [0.2, 0.25) is 0 Å². The van der Waals surface area contributed by atoms with Crippen molar-refractivity contribution in [3.8, 4) is 5.75 Å². The van der Waals surface area contributed by atoms with Crippen LogP contribution in [0.2, 0.25) is 18.1 Å². The number of carbonyl (C=O) groups excluding carboxylic acids is 1. The van der Waals surface area contributed by atoms with Gasteiger partial charge in [-0.2, -0.15) is 0 Å². The van der Waals surface area contributed by atoms with Gasteiger partial charge in [0.05, 0.1) is 19.0 Å². The molecule has 0 spiro atoms. The molecule has 7 nitrogen and oxygen atoms in total. The molecule has 196 valence electrons. The second-order valence-electron chi connectivity index (χ2n) is 11.1. The monoisotopic (exact) mass is 518 g/mol. The summed E-state index contributed by atoms with van der Waals surface area (Å²) in [5.41, 5.74) is 8.02. The zero-order valence-corrected chi connectivity index (χ0v) is 23.5. The minimum Gasteiger partial charge on any atom is -0.489 e. The minimum atomic E-state index is -1.94. The van der Waals surface area contributed by atoms with Crippen LogP contribution in [0.25, 0.3) is 10.9 Å². The normalized spacial score (nSPS) is 13.1. The van der Waals surface area contributed by atoms with E-state index in [4.69, 9.17) is 14.9 Å². The van der Waals surface area contributed by atoms with Crippen molar-refractivity contribution in [2.24, 2.45) is 5.73 Å². The zero-order chi connectivity index (χ0) is 26.6. The van der Waals surface area contributed by atoms with E-state index in [1.807, 2.05) is 28.8 Å². The summed E-state index contributed by atoms with van der Waals surface area (Å²) in [4.78, 5) is 15.8. The first-order valence-electron chi connectivity index (χ1n) is 12.8. The summed E-state index contributed by atoms with van der Waals surface area (Å²) in [7, 11) is -1.94. The maximum atomic E-state index is 11.6. The smallest absolute Gasteiger partial charge is 0.268 e. The van der Waals surface area contributed by atoms with Crippen molar-refractivity contribution < 1.29 is 14.0 Å². The molecule has 4 rings (SSSR count). The van der Waals surface area contributed by atoms with Gasteiger partial charge in [0.15, 0.2) is 8.32 Å². The number of fused-ring (bicyclic) bond motifs is 1. The molecule has 4 aromatic rings. The molecule has 2 N–H and O–H groups in total. The molecule has 1 atom stereocenters. The van der Waals surface area contributed by atoms with Crippen molar-refractivity contribution in [2.75, 3.05) is 6.61 Å². The Morgan fingerprint density at radius 2 is 1.86 bits per heavy atom. The van der Waals surface area contributed by atoms with Crippen molar-refractivity contribution in [2.45, 2.75) is 64.5 Å². The molecular formula is C29H38N4O3Si. The summed E-state index contributed by atoms with van der Waals surface area (Å²) < 4.78 is 16.8. The highest BCUT2D eigenvalue weighted by molar-refractivity contribution is 6.74. The molecule has 0 bridgehead atoms. The highest BCUT2D eigenvalue weighted by Gasteiger charge is 2.37. The lowest BCUT2D eigenvalue weighted by molar-refractivity contribution is 0.0995. The van der Waals surface area contributed by atoms with Crippen LogP contribution in [-0.2, 0) is 17.6 Å². The third kappa shape index (κ3) is 6.50. The fourth-order valence-electron chi connectivity index (χ4n) is 4.00. The van der Waals surface area contributed by atoms with E-state index in [1.54, 1.807) is 12.5 Å². The van der Waals surface area contributed by atoms with Crippen molar-refractivity contribution in [1.29, 1.82) is 0 Å². The van der Waals surface area contributed by atoms with Crippen molar-refractivity contribution in [1.82, 2.24) is 14.1 Å². The van der Waals surface area contributed by atoms with Crippen LogP contribution in [-0.4, -0.2) is 34.9 Å². The van der Waals surface area contributed by atoms with Gasteiger partial charge in [0.25, 0.3) is 5.91 Å². The van der Waals surface area contributed by atoms with Crippen molar-refractivity contribution in [3.63, 3.8) is 0 Å². The highest BCUT2D eigenvalue weighted by Crippen LogP contribution is 2.37. The predicted octanol–water partition coefficient (Wildman–Crippen LogP) is 6.17. The Morgan fingerprint density at radius 3 is 2.54 bits per heavy atom. The van der Waals surface area contributed by atoms with Gasteiger partial charge in [-0.15, -0.1) is 0 Å². The molecule has 2 aromatic heterocycles. The quantitative estimate of drug-likeness (QED) is 0.241. The van der Waals surface area contributed by atoms with Gasteiger partial charge in [-0.05, 0) is 54.4 Å². The van der Waals surface area contributed by atoms with E-state index >= 15 is 0 Å². The predicted molar refractivity (Wildman–Crippen MR) is 150 cm³/mol. The van der Waals surface area contributed by atoms with E-state index in [-0.39, 0.29) is 16.8 Å². The number of hydrogen-bond donors (Lipinski definition) is 1. The lowest BCUT2D eigenvalue weighted by atomic mass is 10.2. The summed E-state index contributed by atoms with van der Waals surface area (Å²) in [6.45, 7) is 13.1. The Kier molecular flexibility index (Phi) is 7.89. The van der Waals surface area contributed by atoms with Gasteiger partial charge in [0.1, 0.15) is 18.1 Å². The lowest BCUT2D eigenvalue weighted by Gasteiger charge is -2.37. The molecule has 0 aliphatic carbocycles. The fraction of sp³-hybridized carbons (Fsp3) is 0.379. The molecule has 0 aliphatic heterocycles. The van der Waals surface area contributed by atoms with E-state index < -0.39 is 14.2 Å². The van der Waals surface area contributed by atoms with Gasteiger partial charge in [0, 0.05) is 29.8 Å². The molecule has 2 heterocycles. The number of ether oxygens (including phenoxy) is 1. The molecule has 0 saturated carbocycles. The molecule has 37 heavy (non-hydrogen) atoms. The van der Waals surface area contributed by atoms with Crippen LogP contribution in [0.3, 0.4) is 0 Å². The van der Waals surface area contributed by atoms with Crippen molar-refractivity contribution >= 4 is 25.1 Å². The molecule has 0 saturated heterocycles. The molecule has 2 aromatic carbocycles. The Balaban J connectivity index is 1.47. The molecule has 8 heteroatoms. The van der Waals surface area contributed by atoms with Crippen LogP contribution in [0, 0.1) is 0 Å². The van der Waals surface area contributed by atoms with E-state index in [2.05, 4.69) is 79.9 Å². The van der Waals surface area contributed by atoms with Gasteiger partial charge >= 0.3 is 0 Å². The Hall–Kier alpha value is -3.36. The van der Waals surface area contributed by atoms with E-state index in [1.165, 1.54) is 0 Å². The third-order valence-corrected chi connectivity index (χ3v) is 11.9. The lowest BCUT2D eigenvalue weighted by Crippen LogP contribution is -2.42. The number of carbonyl (C=O) groups is 1. The number of hydrogen-bond acceptors (Lipinski definition) is 4. The number of primary amides is 1. The minimum absolute atomic E-state index is 0.0284.